The van der Waals surface area contributed by atoms with E-state index in [4.69, 9.17) is 14.2 Å². The largest absolute Gasteiger partial charge is 0.497 e. The number of nitrogens with zero attached hydrogens (tertiary/aromatic N) is 1. The van der Waals surface area contributed by atoms with Gasteiger partial charge in [-0.3, -0.25) is 4.99 Å². The molecule has 148 valence electrons. The molecule has 0 aliphatic rings. The predicted molar refractivity (Wildman–Crippen MR) is 119 cm³/mol. The predicted octanol–water partition coefficient (Wildman–Crippen LogP) is 3.20. The maximum absolute atomic E-state index is 5.66. The van der Waals surface area contributed by atoms with Gasteiger partial charge in [-0.15, -0.1) is 24.0 Å². The average Bonchev–Trinajstić information content (AvgIpc) is 2.70. The summed E-state index contributed by atoms with van der Waals surface area (Å²) in [6, 6.07) is 15.9. The second-order valence-corrected chi connectivity index (χ2v) is 5.57. The highest BCUT2D eigenvalue weighted by atomic mass is 127. The fourth-order valence-electron chi connectivity index (χ4n) is 2.40. The number of ether oxygens (including phenoxy) is 3. The van der Waals surface area contributed by atoms with Gasteiger partial charge >= 0.3 is 0 Å². The highest BCUT2D eigenvalue weighted by molar-refractivity contribution is 14.0. The first-order chi connectivity index (χ1) is 12.8. The van der Waals surface area contributed by atoms with Gasteiger partial charge in [0, 0.05) is 31.8 Å². The van der Waals surface area contributed by atoms with Crippen LogP contribution < -0.4 is 20.1 Å². The standard InChI is InChI=1S/C20H27N3O3.HI/c1-21-20(22-11-12-26-15-16-7-5-4-6-8-16)23-14-17-9-10-18(24-2)13-19(17)25-3;/h4-10,13H,11-12,14-15H2,1-3H3,(H2,21,22,23);1H. The van der Waals surface area contributed by atoms with E-state index in [0.717, 1.165) is 17.1 Å². The third kappa shape index (κ3) is 8.04. The molecule has 0 heterocycles. The number of halogens is 1. The Hall–Kier alpha value is -2.00. The van der Waals surface area contributed by atoms with Gasteiger partial charge < -0.3 is 24.8 Å². The van der Waals surface area contributed by atoms with Crippen molar-refractivity contribution in [2.24, 2.45) is 4.99 Å². The van der Waals surface area contributed by atoms with Crippen molar-refractivity contribution in [3.63, 3.8) is 0 Å². The van der Waals surface area contributed by atoms with Gasteiger partial charge in [0.2, 0.25) is 0 Å². The average molecular weight is 485 g/mol. The smallest absolute Gasteiger partial charge is 0.191 e. The van der Waals surface area contributed by atoms with E-state index in [1.54, 1.807) is 21.3 Å². The summed E-state index contributed by atoms with van der Waals surface area (Å²) in [5, 5.41) is 6.50. The fourth-order valence-corrected chi connectivity index (χ4v) is 2.40. The Kier molecular flexibility index (Phi) is 11.3. The maximum atomic E-state index is 5.66. The minimum atomic E-state index is 0. The lowest BCUT2D eigenvalue weighted by Gasteiger charge is -2.14. The minimum absolute atomic E-state index is 0. The van der Waals surface area contributed by atoms with Crippen molar-refractivity contribution >= 4 is 29.9 Å². The number of hydrogen-bond acceptors (Lipinski definition) is 4. The van der Waals surface area contributed by atoms with Crippen LogP contribution in [0.3, 0.4) is 0 Å². The first-order valence-corrected chi connectivity index (χ1v) is 8.54. The Morgan fingerprint density at radius 2 is 1.78 bits per heavy atom. The molecule has 2 aromatic carbocycles. The lowest BCUT2D eigenvalue weighted by Crippen LogP contribution is -2.38. The highest BCUT2D eigenvalue weighted by Crippen LogP contribution is 2.24. The van der Waals surface area contributed by atoms with Gasteiger partial charge in [-0.05, 0) is 17.7 Å². The van der Waals surface area contributed by atoms with Crippen LogP contribution in [-0.2, 0) is 17.9 Å². The normalized spacial score (nSPS) is 10.7. The van der Waals surface area contributed by atoms with E-state index in [0.29, 0.717) is 32.3 Å². The van der Waals surface area contributed by atoms with E-state index in [1.807, 2.05) is 36.4 Å². The van der Waals surface area contributed by atoms with Crippen molar-refractivity contribution in [2.75, 3.05) is 34.4 Å². The third-order valence-electron chi connectivity index (χ3n) is 3.81. The summed E-state index contributed by atoms with van der Waals surface area (Å²) in [7, 11) is 5.03. The van der Waals surface area contributed by atoms with Crippen LogP contribution in [0.25, 0.3) is 0 Å². The third-order valence-corrected chi connectivity index (χ3v) is 3.81. The first kappa shape index (κ1) is 23.0. The maximum Gasteiger partial charge on any atom is 0.191 e. The molecule has 2 aromatic rings. The SMILES string of the molecule is CN=C(NCCOCc1ccccc1)NCc1ccc(OC)cc1OC.I. The van der Waals surface area contributed by atoms with Crippen LogP contribution in [-0.4, -0.2) is 40.4 Å². The molecule has 0 spiro atoms. The van der Waals surface area contributed by atoms with Crippen molar-refractivity contribution in [1.82, 2.24) is 10.6 Å². The van der Waals surface area contributed by atoms with Gasteiger partial charge in [-0.25, -0.2) is 0 Å². The topological polar surface area (TPSA) is 64.1 Å². The number of nitrogens with one attached hydrogen (secondary N) is 2. The van der Waals surface area contributed by atoms with Crippen molar-refractivity contribution in [1.29, 1.82) is 0 Å². The molecular formula is C20H28IN3O3. The molecule has 0 saturated heterocycles. The zero-order valence-electron chi connectivity index (χ0n) is 16.0. The van der Waals surface area contributed by atoms with Gasteiger partial charge in [-0.1, -0.05) is 30.3 Å². The molecule has 2 N–H and O–H groups in total. The van der Waals surface area contributed by atoms with Crippen LogP contribution in [0, 0.1) is 0 Å². The molecule has 0 bridgehead atoms. The molecule has 27 heavy (non-hydrogen) atoms. The molecule has 6 nitrogen and oxygen atoms in total. The summed E-state index contributed by atoms with van der Waals surface area (Å²) in [4.78, 5) is 4.22. The zero-order chi connectivity index (χ0) is 18.6. The lowest BCUT2D eigenvalue weighted by atomic mass is 10.2. The summed E-state index contributed by atoms with van der Waals surface area (Å²) >= 11 is 0. The van der Waals surface area contributed by atoms with Crippen LogP contribution in [0.5, 0.6) is 11.5 Å². The fraction of sp³-hybridized carbons (Fsp3) is 0.350. The Morgan fingerprint density at radius 1 is 1.00 bits per heavy atom. The molecule has 0 atom stereocenters. The van der Waals surface area contributed by atoms with E-state index < -0.39 is 0 Å². The molecule has 7 heteroatoms. The van der Waals surface area contributed by atoms with E-state index >= 15 is 0 Å². The van der Waals surface area contributed by atoms with Gasteiger partial charge in [0.25, 0.3) is 0 Å². The number of benzene rings is 2. The van der Waals surface area contributed by atoms with E-state index in [9.17, 15) is 0 Å². The van der Waals surface area contributed by atoms with Gasteiger partial charge in [0.05, 0.1) is 27.4 Å². The van der Waals surface area contributed by atoms with E-state index in [2.05, 4.69) is 27.8 Å². The molecule has 0 aromatic heterocycles. The van der Waals surface area contributed by atoms with Crippen LogP contribution in [0.2, 0.25) is 0 Å². The Labute approximate surface area is 178 Å². The molecule has 0 unspecified atom stereocenters. The number of rotatable bonds is 9. The second kappa shape index (κ2) is 13.2. The number of guanidine groups is 1. The van der Waals surface area contributed by atoms with Crippen LogP contribution in [0.1, 0.15) is 11.1 Å². The zero-order valence-corrected chi connectivity index (χ0v) is 18.4. The molecule has 0 radical (unpaired) electrons. The van der Waals surface area contributed by atoms with Crippen molar-refractivity contribution < 1.29 is 14.2 Å². The summed E-state index contributed by atoms with van der Waals surface area (Å²) < 4.78 is 16.3. The number of aliphatic imine (C=N–C) groups is 1. The summed E-state index contributed by atoms with van der Waals surface area (Å²) in [5.74, 6) is 2.26. The molecule has 2 rings (SSSR count). The monoisotopic (exact) mass is 485 g/mol. The second-order valence-electron chi connectivity index (χ2n) is 5.57. The summed E-state index contributed by atoms with van der Waals surface area (Å²) in [6.07, 6.45) is 0. The molecule has 0 aliphatic heterocycles. The number of methoxy groups -OCH3 is 2. The van der Waals surface area contributed by atoms with Gasteiger partial charge in [0.1, 0.15) is 11.5 Å². The lowest BCUT2D eigenvalue weighted by molar-refractivity contribution is 0.125. The number of hydrogen-bond donors (Lipinski definition) is 2. The molecule has 0 fully saturated rings. The molecule has 0 saturated carbocycles. The summed E-state index contributed by atoms with van der Waals surface area (Å²) in [6.45, 7) is 2.48. The van der Waals surface area contributed by atoms with E-state index in [-0.39, 0.29) is 24.0 Å². The van der Waals surface area contributed by atoms with Gasteiger partial charge in [0.15, 0.2) is 5.96 Å². The molecule has 0 amide bonds. The van der Waals surface area contributed by atoms with Gasteiger partial charge in [-0.2, -0.15) is 0 Å². The first-order valence-electron chi connectivity index (χ1n) is 8.54. The van der Waals surface area contributed by atoms with Crippen LogP contribution >= 0.6 is 24.0 Å². The van der Waals surface area contributed by atoms with Crippen molar-refractivity contribution in [3.05, 3.63) is 59.7 Å². The van der Waals surface area contributed by atoms with Crippen LogP contribution in [0.15, 0.2) is 53.5 Å². The summed E-state index contributed by atoms with van der Waals surface area (Å²) in [5.41, 5.74) is 2.19. The van der Waals surface area contributed by atoms with E-state index in [1.165, 1.54) is 5.56 Å². The Bertz CT molecular complexity index is 696. The Morgan fingerprint density at radius 3 is 2.44 bits per heavy atom. The Balaban J connectivity index is 0.00000364. The minimum Gasteiger partial charge on any atom is -0.497 e. The highest BCUT2D eigenvalue weighted by Gasteiger charge is 2.06. The van der Waals surface area contributed by atoms with Crippen LogP contribution in [0.4, 0.5) is 0 Å². The molecular weight excluding hydrogens is 457 g/mol. The quantitative estimate of drug-likeness (QED) is 0.247. The van der Waals surface area contributed by atoms with Crippen molar-refractivity contribution in [3.8, 4) is 11.5 Å². The molecule has 0 aliphatic carbocycles. The van der Waals surface area contributed by atoms with Crippen molar-refractivity contribution in [2.45, 2.75) is 13.2 Å².